The first kappa shape index (κ1) is 16.4. The van der Waals surface area contributed by atoms with Crippen molar-refractivity contribution < 1.29 is 4.74 Å². The Hall–Kier alpha value is -2.10. The molecule has 0 atom stereocenters. The molecule has 0 aliphatic carbocycles. The Morgan fingerprint density at radius 2 is 1.92 bits per heavy atom. The van der Waals surface area contributed by atoms with E-state index in [1.54, 1.807) is 0 Å². The summed E-state index contributed by atoms with van der Waals surface area (Å²) in [5.41, 5.74) is 3.08. The number of benzene rings is 2. The number of aromatic nitrogens is 1. The molecule has 4 rings (SSSR count). The van der Waals surface area contributed by atoms with Gasteiger partial charge in [0.2, 0.25) is 0 Å². The first-order valence-corrected chi connectivity index (χ1v) is 8.77. The van der Waals surface area contributed by atoms with Crippen LogP contribution in [0.15, 0.2) is 53.7 Å². The van der Waals surface area contributed by atoms with Gasteiger partial charge in [-0.3, -0.25) is 9.98 Å². The molecule has 2 heterocycles. The van der Waals surface area contributed by atoms with Gasteiger partial charge in [-0.05, 0) is 44.2 Å². The second-order valence-electron chi connectivity index (χ2n) is 6.70. The summed E-state index contributed by atoms with van der Waals surface area (Å²) in [6.07, 6.45) is 1.82. The number of fused-ring (bicyclic) bond motifs is 2. The third-order valence-electron chi connectivity index (χ3n) is 4.14. The first-order valence-electron chi connectivity index (χ1n) is 8.01. The van der Waals surface area contributed by atoms with Crippen LogP contribution in [0.2, 0.25) is 10.0 Å². The first-order chi connectivity index (χ1) is 11.9. The highest BCUT2D eigenvalue weighted by Gasteiger charge is 2.28. The average molecular weight is 371 g/mol. The van der Waals surface area contributed by atoms with E-state index in [9.17, 15) is 0 Å². The molecule has 0 spiro atoms. The molecule has 0 bridgehead atoms. The summed E-state index contributed by atoms with van der Waals surface area (Å²) >= 11 is 12.4. The highest BCUT2D eigenvalue weighted by atomic mass is 35.5. The lowest BCUT2D eigenvalue weighted by Gasteiger charge is -2.24. The Morgan fingerprint density at radius 1 is 1.08 bits per heavy atom. The van der Waals surface area contributed by atoms with E-state index in [4.69, 9.17) is 32.9 Å². The summed E-state index contributed by atoms with van der Waals surface area (Å²) in [6.45, 7) is 4.55. The molecule has 0 saturated carbocycles. The van der Waals surface area contributed by atoms with Crippen LogP contribution < -0.4 is 4.74 Å². The van der Waals surface area contributed by atoms with Crippen LogP contribution in [-0.4, -0.2) is 22.8 Å². The Morgan fingerprint density at radius 3 is 2.76 bits per heavy atom. The molecule has 0 N–H and O–H groups in total. The molecule has 0 fully saturated rings. The monoisotopic (exact) mass is 370 g/mol. The number of halogens is 2. The van der Waals surface area contributed by atoms with Crippen molar-refractivity contribution in [3.63, 3.8) is 0 Å². The molecule has 0 saturated heterocycles. The van der Waals surface area contributed by atoms with E-state index in [0.717, 1.165) is 27.7 Å². The fourth-order valence-corrected chi connectivity index (χ4v) is 3.31. The molecule has 3 aromatic rings. The summed E-state index contributed by atoms with van der Waals surface area (Å²) in [5, 5.41) is 2.27. The number of hydrogen-bond acceptors (Lipinski definition) is 3. The molecule has 1 aliphatic heterocycles. The third kappa shape index (κ3) is 3.10. The van der Waals surface area contributed by atoms with Crippen molar-refractivity contribution in [2.45, 2.75) is 19.4 Å². The predicted molar refractivity (Wildman–Crippen MR) is 103 cm³/mol. The molecule has 1 aliphatic rings. The molecular formula is C20H16Cl2N2O. The molecule has 3 nitrogen and oxygen atoms in total. The van der Waals surface area contributed by atoms with E-state index in [1.807, 2.05) is 56.4 Å². The number of rotatable bonds is 1. The van der Waals surface area contributed by atoms with E-state index in [0.29, 0.717) is 22.3 Å². The number of pyridine rings is 1. The average Bonchev–Trinajstić information content (AvgIpc) is 2.71. The molecule has 0 unspecified atom stereocenters. The number of nitrogens with zero attached hydrogens (tertiary/aromatic N) is 2. The van der Waals surface area contributed by atoms with E-state index >= 15 is 0 Å². The van der Waals surface area contributed by atoms with Gasteiger partial charge in [-0.25, -0.2) is 0 Å². The predicted octanol–water partition coefficient (Wildman–Crippen LogP) is 5.55. The maximum Gasteiger partial charge on any atom is 0.148 e. The van der Waals surface area contributed by atoms with Gasteiger partial charge in [-0.15, -0.1) is 0 Å². The van der Waals surface area contributed by atoms with Crippen molar-refractivity contribution in [1.29, 1.82) is 0 Å². The second-order valence-corrected chi connectivity index (χ2v) is 7.55. The largest absolute Gasteiger partial charge is 0.484 e. The van der Waals surface area contributed by atoms with Crippen molar-refractivity contribution in [3.05, 3.63) is 69.8 Å². The zero-order valence-corrected chi connectivity index (χ0v) is 15.4. The topological polar surface area (TPSA) is 34.5 Å². The van der Waals surface area contributed by atoms with Crippen molar-refractivity contribution in [1.82, 2.24) is 4.98 Å². The fraction of sp³-hybridized carbons (Fsp3) is 0.200. The maximum absolute atomic E-state index is 6.40. The standard InChI is InChI=1S/C20H16Cl2N2O/c1-20(2)11-24-18(15-4-3-5-16(22)19(15)25-20)13-8-12-6-7-14(21)9-17(12)23-10-13/h3-10H,11H2,1-2H3. The Balaban J connectivity index is 1.91. The highest BCUT2D eigenvalue weighted by Crippen LogP contribution is 2.36. The van der Waals surface area contributed by atoms with Gasteiger partial charge in [0.25, 0.3) is 0 Å². The Kier molecular flexibility index (Phi) is 3.94. The van der Waals surface area contributed by atoms with Crippen LogP contribution >= 0.6 is 23.2 Å². The second kappa shape index (κ2) is 6.01. The minimum Gasteiger partial charge on any atom is -0.484 e. The van der Waals surface area contributed by atoms with E-state index < -0.39 is 5.60 Å². The van der Waals surface area contributed by atoms with Crippen LogP contribution in [0.25, 0.3) is 10.9 Å². The van der Waals surface area contributed by atoms with E-state index in [2.05, 4.69) is 11.1 Å². The lowest BCUT2D eigenvalue weighted by Crippen LogP contribution is -2.31. The Bertz CT molecular complexity index is 1010. The van der Waals surface area contributed by atoms with Crippen LogP contribution in [0.5, 0.6) is 5.75 Å². The van der Waals surface area contributed by atoms with E-state index in [1.165, 1.54) is 0 Å². The normalized spacial score (nSPS) is 15.9. The van der Waals surface area contributed by atoms with Crippen molar-refractivity contribution >= 4 is 39.8 Å². The molecule has 2 aromatic carbocycles. The highest BCUT2D eigenvalue weighted by molar-refractivity contribution is 6.33. The zero-order chi connectivity index (χ0) is 17.6. The van der Waals surface area contributed by atoms with Crippen molar-refractivity contribution in [3.8, 4) is 5.75 Å². The smallest absolute Gasteiger partial charge is 0.148 e. The number of ether oxygens (including phenoxy) is 1. The Labute approximate surface area is 156 Å². The van der Waals surface area contributed by atoms with Gasteiger partial charge in [0, 0.05) is 27.7 Å². The molecular weight excluding hydrogens is 355 g/mol. The number of aliphatic imine (C=N–C) groups is 1. The minimum atomic E-state index is -0.431. The van der Waals surface area contributed by atoms with Crippen LogP contribution in [-0.2, 0) is 0 Å². The van der Waals surface area contributed by atoms with Gasteiger partial charge in [0.15, 0.2) is 0 Å². The van der Waals surface area contributed by atoms with Gasteiger partial charge in [0.1, 0.15) is 11.4 Å². The van der Waals surface area contributed by atoms with Gasteiger partial charge in [-0.2, -0.15) is 0 Å². The third-order valence-corrected chi connectivity index (χ3v) is 4.67. The van der Waals surface area contributed by atoms with Crippen LogP contribution in [0.3, 0.4) is 0 Å². The summed E-state index contributed by atoms with van der Waals surface area (Å²) in [7, 11) is 0. The molecule has 5 heteroatoms. The van der Waals surface area contributed by atoms with Crippen LogP contribution in [0.4, 0.5) is 0 Å². The maximum atomic E-state index is 6.40. The van der Waals surface area contributed by atoms with Crippen LogP contribution in [0, 0.1) is 0 Å². The lowest BCUT2D eigenvalue weighted by atomic mass is 10.0. The van der Waals surface area contributed by atoms with E-state index in [-0.39, 0.29) is 0 Å². The summed E-state index contributed by atoms with van der Waals surface area (Å²) in [5.74, 6) is 0.668. The number of para-hydroxylation sites is 1. The van der Waals surface area contributed by atoms with Crippen molar-refractivity contribution in [2.75, 3.05) is 6.54 Å². The molecule has 126 valence electrons. The lowest BCUT2D eigenvalue weighted by molar-refractivity contribution is 0.121. The van der Waals surface area contributed by atoms with Gasteiger partial charge in [-0.1, -0.05) is 35.3 Å². The fourth-order valence-electron chi connectivity index (χ4n) is 2.93. The van der Waals surface area contributed by atoms with Gasteiger partial charge >= 0.3 is 0 Å². The molecule has 25 heavy (non-hydrogen) atoms. The van der Waals surface area contributed by atoms with Gasteiger partial charge < -0.3 is 4.74 Å². The van der Waals surface area contributed by atoms with Gasteiger partial charge in [0.05, 0.1) is 22.8 Å². The van der Waals surface area contributed by atoms with Crippen molar-refractivity contribution in [2.24, 2.45) is 4.99 Å². The summed E-state index contributed by atoms with van der Waals surface area (Å²) in [6, 6.07) is 13.5. The molecule has 0 amide bonds. The summed E-state index contributed by atoms with van der Waals surface area (Å²) in [4.78, 5) is 9.36. The SMILES string of the molecule is CC1(C)CN=C(c2cnc3cc(Cl)ccc3c2)c2cccc(Cl)c2O1. The zero-order valence-electron chi connectivity index (χ0n) is 13.9. The summed E-state index contributed by atoms with van der Waals surface area (Å²) < 4.78 is 6.15. The molecule has 1 aromatic heterocycles. The quantitative estimate of drug-likeness (QED) is 0.562. The minimum absolute atomic E-state index is 0.431. The molecule has 0 radical (unpaired) electrons. The van der Waals surface area contributed by atoms with Crippen LogP contribution in [0.1, 0.15) is 25.0 Å². The number of hydrogen-bond donors (Lipinski definition) is 0.